The van der Waals surface area contributed by atoms with Gasteiger partial charge in [0.25, 0.3) is 0 Å². The Kier molecular flexibility index (Phi) is 12.8. The summed E-state index contributed by atoms with van der Waals surface area (Å²) in [5.74, 6) is -2.14. The Labute approximate surface area is 171 Å². The zero-order valence-corrected chi connectivity index (χ0v) is 18.0. The van der Waals surface area contributed by atoms with Gasteiger partial charge in [-0.25, -0.2) is 4.79 Å². The van der Waals surface area contributed by atoms with E-state index in [1.165, 1.54) is 14.0 Å². The van der Waals surface area contributed by atoms with Crippen LogP contribution in [0.2, 0.25) is 0 Å². The van der Waals surface area contributed by atoms with Crippen molar-refractivity contribution in [1.29, 1.82) is 0 Å². The predicted molar refractivity (Wildman–Crippen MR) is 104 cm³/mol. The molecule has 168 valence electrons. The highest BCUT2D eigenvalue weighted by Crippen LogP contribution is 2.08. The van der Waals surface area contributed by atoms with Crippen molar-refractivity contribution < 1.29 is 38.5 Å². The van der Waals surface area contributed by atoms with E-state index in [9.17, 15) is 19.2 Å². The van der Waals surface area contributed by atoms with Crippen LogP contribution in [0.25, 0.3) is 0 Å². The van der Waals surface area contributed by atoms with Crippen LogP contribution in [0.5, 0.6) is 0 Å². The standard InChI is InChI=1S/C19H34N2O8/c1-14(18(25)26)21(5)16(23)7-6-15(22)20-9-11-28-13-12-27-10-8-17(24)29-19(2,3)4/h14H,6-13H2,1-5H3,(H,20,22)(H,25,26). The molecule has 29 heavy (non-hydrogen) atoms. The van der Waals surface area contributed by atoms with Crippen molar-refractivity contribution in [2.75, 3.05) is 40.0 Å². The Morgan fingerprint density at radius 1 is 0.966 bits per heavy atom. The Hall–Kier alpha value is -2.20. The van der Waals surface area contributed by atoms with Gasteiger partial charge in [-0.2, -0.15) is 0 Å². The number of nitrogens with one attached hydrogen (secondary N) is 1. The molecule has 0 aliphatic heterocycles. The van der Waals surface area contributed by atoms with Gasteiger partial charge in [0.15, 0.2) is 0 Å². The minimum absolute atomic E-state index is 0.0245. The van der Waals surface area contributed by atoms with Crippen molar-refractivity contribution in [3.05, 3.63) is 0 Å². The first-order valence-electron chi connectivity index (χ1n) is 9.56. The van der Waals surface area contributed by atoms with Crippen molar-refractivity contribution in [3.8, 4) is 0 Å². The second-order valence-corrected chi connectivity index (χ2v) is 7.43. The number of aliphatic carboxylic acids is 1. The molecule has 0 aromatic carbocycles. The van der Waals surface area contributed by atoms with E-state index in [0.717, 1.165) is 4.90 Å². The van der Waals surface area contributed by atoms with Gasteiger partial charge in [-0.3, -0.25) is 14.4 Å². The van der Waals surface area contributed by atoms with Crippen LogP contribution in [-0.4, -0.2) is 85.4 Å². The van der Waals surface area contributed by atoms with Gasteiger partial charge >= 0.3 is 11.9 Å². The quantitative estimate of drug-likeness (QED) is 0.309. The fourth-order valence-corrected chi connectivity index (χ4v) is 2.00. The third-order valence-electron chi connectivity index (χ3n) is 3.71. The number of carboxylic acid groups (broad SMARTS) is 1. The van der Waals surface area contributed by atoms with Crippen molar-refractivity contribution >= 4 is 23.8 Å². The first kappa shape index (κ1) is 26.8. The maximum absolute atomic E-state index is 11.8. The number of esters is 1. The number of nitrogens with zero attached hydrogens (tertiary/aromatic N) is 1. The minimum Gasteiger partial charge on any atom is -0.480 e. The molecule has 0 saturated heterocycles. The molecule has 0 aromatic heterocycles. The SMILES string of the molecule is CC(C(=O)O)N(C)C(=O)CCC(=O)NCCOCCOCCC(=O)OC(C)(C)C. The molecule has 10 nitrogen and oxygen atoms in total. The topological polar surface area (TPSA) is 131 Å². The van der Waals surface area contributed by atoms with E-state index in [1.807, 2.05) is 0 Å². The number of rotatable bonds is 14. The molecular formula is C19H34N2O8. The molecule has 0 fully saturated rings. The molecule has 2 N–H and O–H groups in total. The molecule has 0 bridgehead atoms. The van der Waals surface area contributed by atoms with Crippen LogP contribution in [0, 0.1) is 0 Å². The lowest BCUT2D eigenvalue weighted by Crippen LogP contribution is -2.40. The average Bonchev–Trinajstić information content (AvgIpc) is 2.61. The third kappa shape index (κ3) is 14.5. The molecule has 0 aromatic rings. The first-order chi connectivity index (χ1) is 13.4. The maximum Gasteiger partial charge on any atom is 0.326 e. The normalized spacial score (nSPS) is 12.2. The van der Waals surface area contributed by atoms with Gasteiger partial charge in [0.2, 0.25) is 11.8 Å². The van der Waals surface area contributed by atoms with Gasteiger partial charge in [0, 0.05) is 26.4 Å². The molecule has 2 amide bonds. The first-order valence-corrected chi connectivity index (χ1v) is 9.56. The minimum atomic E-state index is -1.10. The number of carboxylic acids is 1. The Balaban J connectivity index is 3.64. The summed E-state index contributed by atoms with van der Waals surface area (Å²) in [6, 6.07) is -0.940. The van der Waals surface area contributed by atoms with E-state index in [4.69, 9.17) is 19.3 Å². The molecule has 0 radical (unpaired) electrons. The number of carbonyl (C=O) groups is 4. The second kappa shape index (κ2) is 13.9. The average molecular weight is 418 g/mol. The van der Waals surface area contributed by atoms with Crippen LogP contribution in [0.3, 0.4) is 0 Å². The molecular weight excluding hydrogens is 384 g/mol. The molecule has 1 atom stereocenters. The summed E-state index contributed by atoms with van der Waals surface area (Å²) in [6.45, 7) is 8.26. The number of amides is 2. The van der Waals surface area contributed by atoms with Crippen LogP contribution in [0.1, 0.15) is 47.0 Å². The highest BCUT2D eigenvalue weighted by Gasteiger charge is 2.21. The van der Waals surface area contributed by atoms with Gasteiger partial charge in [0.1, 0.15) is 11.6 Å². The zero-order chi connectivity index (χ0) is 22.4. The molecule has 10 heteroatoms. The molecule has 0 saturated carbocycles. The summed E-state index contributed by atoms with van der Waals surface area (Å²) in [5, 5.41) is 11.5. The lowest BCUT2D eigenvalue weighted by Gasteiger charge is -2.21. The summed E-state index contributed by atoms with van der Waals surface area (Å²) in [5.41, 5.74) is -0.509. The molecule has 0 rings (SSSR count). The molecule has 0 aliphatic rings. The van der Waals surface area contributed by atoms with Gasteiger partial charge in [-0.15, -0.1) is 0 Å². The molecule has 1 unspecified atom stereocenters. The van der Waals surface area contributed by atoms with Crippen LogP contribution in [0.4, 0.5) is 0 Å². The largest absolute Gasteiger partial charge is 0.480 e. The molecule has 0 heterocycles. The van der Waals surface area contributed by atoms with Gasteiger partial charge in [0.05, 0.1) is 32.8 Å². The zero-order valence-electron chi connectivity index (χ0n) is 18.0. The Bertz CT molecular complexity index is 545. The van der Waals surface area contributed by atoms with E-state index in [-0.39, 0.29) is 50.9 Å². The highest BCUT2D eigenvalue weighted by molar-refractivity contribution is 5.86. The van der Waals surface area contributed by atoms with E-state index >= 15 is 0 Å². The van der Waals surface area contributed by atoms with Crippen LogP contribution < -0.4 is 5.32 Å². The highest BCUT2D eigenvalue weighted by atomic mass is 16.6. The summed E-state index contributed by atoms with van der Waals surface area (Å²) in [4.78, 5) is 46.9. The second-order valence-electron chi connectivity index (χ2n) is 7.43. The monoisotopic (exact) mass is 418 g/mol. The number of hydrogen-bond acceptors (Lipinski definition) is 7. The number of ether oxygens (including phenoxy) is 3. The Morgan fingerprint density at radius 3 is 2.10 bits per heavy atom. The number of carbonyl (C=O) groups excluding carboxylic acids is 3. The smallest absolute Gasteiger partial charge is 0.326 e. The third-order valence-corrected chi connectivity index (χ3v) is 3.71. The lowest BCUT2D eigenvalue weighted by atomic mass is 10.2. The summed E-state index contributed by atoms with van der Waals surface area (Å²) in [6.07, 6.45) is 0.0854. The lowest BCUT2D eigenvalue weighted by molar-refractivity contribution is -0.156. The van der Waals surface area contributed by atoms with E-state index in [1.54, 1.807) is 20.8 Å². The van der Waals surface area contributed by atoms with Crippen LogP contribution >= 0.6 is 0 Å². The van der Waals surface area contributed by atoms with Crippen molar-refractivity contribution in [2.24, 2.45) is 0 Å². The van der Waals surface area contributed by atoms with Crippen molar-refractivity contribution in [3.63, 3.8) is 0 Å². The number of hydrogen-bond donors (Lipinski definition) is 2. The van der Waals surface area contributed by atoms with Gasteiger partial charge in [-0.05, 0) is 27.7 Å². The van der Waals surface area contributed by atoms with Gasteiger partial charge < -0.3 is 29.5 Å². The van der Waals surface area contributed by atoms with Crippen LogP contribution in [-0.2, 0) is 33.4 Å². The van der Waals surface area contributed by atoms with Crippen LogP contribution in [0.15, 0.2) is 0 Å². The van der Waals surface area contributed by atoms with Gasteiger partial charge in [-0.1, -0.05) is 0 Å². The number of likely N-dealkylation sites (N-methyl/N-ethyl adjacent to an activating group) is 1. The fraction of sp³-hybridized carbons (Fsp3) is 0.789. The predicted octanol–water partition coefficient (Wildman–Crippen LogP) is 0.579. The van der Waals surface area contributed by atoms with E-state index in [0.29, 0.717) is 13.2 Å². The summed E-state index contributed by atoms with van der Waals surface area (Å²) < 4.78 is 15.7. The Morgan fingerprint density at radius 2 is 1.55 bits per heavy atom. The van der Waals surface area contributed by atoms with E-state index < -0.39 is 23.5 Å². The molecule has 0 spiro atoms. The fourth-order valence-electron chi connectivity index (χ4n) is 2.00. The maximum atomic E-state index is 11.8. The molecule has 0 aliphatic carbocycles. The van der Waals surface area contributed by atoms with E-state index in [2.05, 4.69) is 5.32 Å². The summed E-state index contributed by atoms with van der Waals surface area (Å²) in [7, 11) is 1.39. The van der Waals surface area contributed by atoms with Crippen molar-refractivity contribution in [2.45, 2.75) is 58.6 Å². The summed E-state index contributed by atoms with van der Waals surface area (Å²) >= 11 is 0. The van der Waals surface area contributed by atoms with Crippen molar-refractivity contribution in [1.82, 2.24) is 10.2 Å².